The van der Waals surface area contributed by atoms with Crippen LogP contribution in [-0.4, -0.2) is 17.5 Å². The molecule has 0 aromatic carbocycles. The normalized spacial score (nSPS) is 10.9. The Bertz CT molecular complexity index is 547. The van der Waals surface area contributed by atoms with Crippen LogP contribution in [0.3, 0.4) is 0 Å². The van der Waals surface area contributed by atoms with Gasteiger partial charge in [0.15, 0.2) is 0 Å². The second kappa shape index (κ2) is 6.27. The quantitative estimate of drug-likeness (QED) is 0.859. The zero-order chi connectivity index (χ0) is 13.8. The number of rotatable bonds is 5. The molecule has 0 saturated heterocycles. The third kappa shape index (κ3) is 3.62. The van der Waals surface area contributed by atoms with E-state index in [1.807, 2.05) is 38.3 Å². The van der Waals surface area contributed by atoms with Crippen LogP contribution in [0.2, 0.25) is 0 Å². The van der Waals surface area contributed by atoms with Crippen molar-refractivity contribution in [3.05, 3.63) is 28.1 Å². The molecule has 0 aliphatic rings. The fourth-order valence-electron chi connectivity index (χ4n) is 1.43. The third-order valence-electron chi connectivity index (χ3n) is 2.32. The molecule has 0 saturated carbocycles. The number of hydrogen-bond acceptors (Lipinski definition) is 5. The van der Waals surface area contributed by atoms with Gasteiger partial charge in [-0.1, -0.05) is 19.9 Å². The van der Waals surface area contributed by atoms with Crippen molar-refractivity contribution >= 4 is 28.6 Å². The van der Waals surface area contributed by atoms with Gasteiger partial charge in [0, 0.05) is 0 Å². The minimum atomic E-state index is -0.224. The molecule has 102 valence electrons. The van der Waals surface area contributed by atoms with Gasteiger partial charge in [-0.2, -0.15) is 0 Å². The number of amides is 1. The molecule has 6 heteroatoms. The van der Waals surface area contributed by atoms with Crippen molar-refractivity contribution < 1.29 is 9.63 Å². The van der Waals surface area contributed by atoms with Gasteiger partial charge in [-0.25, -0.2) is 10.5 Å². The van der Waals surface area contributed by atoms with Gasteiger partial charge in [-0.15, -0.1) is 22.7 Å². The lowest BCUT2D eigenvalue weighted by Gasteiger charge is -2.06. The Morgan fingerprint density at radius 3 is 2.95 bits per heavy atom. The maximum Gasteiger partial charge on any atom is 0.286 e. The Hall–Kier alpha value is -1.24. The van der Waals surface area contributed by atoms with Crippen LogP contribution in [0, 0.1) is 12.8 Å². The van der Waals surface area contributed by atoms with Crippen molar-refractivity contribution in [2.75, 3.05) is 6.61 Å². The average Bonchev–Trinajstić information content (AvgIpc) is 2.96. The summed E-state index contributed by atoms with van der Waals surface area (Å²) in [5.41, 5.74) is 3.20. The number of carbonyl (C=O) groups excluding carboxylic acids is 1. The van der Waals surface area contributed by atoms with Crippen LogP contribution in [-0.2, 0) is 4.84 Å². The van der Waals surface area contributed by atoms with Crippen molar-refractivity contribution in [2.24, 2.45) is 5.92 Å². The van der Waals surface area contributed by atoms with Crippen molar-refractivity contribution in [3.63, 3.8) is 0 Å². The highest BCUT2D eigenvalue weighted by Gasteiger charge is 2.16. The fraction of sp³-hybridized carbons (Fsp3) is 0.385. The summed E-state index contributed by atoms with van der Waals surface area (Å²) in [5.74, 6) is 0.156. The summed E-state index contributed by atoms with van der Waals surface area (Å²) in [5, 5.41) is 2.87. The Balaban J connectivity index is 2.06. The topological polar surface area (TPSA) is 51.2 Å². The van der Waals surface area contributed by atoms with Crippen LogP contribution in [0.5, 0.6) is 0 Å². The Kier molecular flexibility index (Phi) is 4.68. The highest BCUT2D eigenvalue weighted by molar-refractivity contribution is 7.22. The molecule has 19 heavy (non-hydrogen) atoms. The number of hydrogen-bond donors (Lipinski definition) is 1. The Morgan fingerprint density at radius 2 is 2.32 bits per heavy atom. The van der Waals surface area contributed by atoms with E-state index in [1.165, 1.54) is 11.3 Å². The standard InChI is InChI=1S/C13H16N2O2S2/c1-8(2)7-17-15-12(16)11-9(3)14-13(19-11)10-5-4-6-18-10/h4-6,8H,7H2,1-3H3,(H,15,16). The maximum atomic E-state index is 12.0. The van der Waals surface area contributed by atoms with Gasteiger partial charge >= 0.3 is 0 Å². The van der Waals surface area contributed by atoms with Gasteiger partial charge in [-0.05, 0) is 24.3 Å². The number of thiazole rings is 1. The first kappa shape index (κ1) is 14.2. The number of thiophene rings is 1. The van der Waals surface area contributed by atoms with Crippen LogP contribution in [0.25, 0.3) is 9.88 Å². The molecule has 2 rings (SSSR count). The smallest absolute Gasteiger partial charge is 0.273 e. The molecule has 0 aliphatic carbocycles. The van der Waals surface area contributed by atoms with Crippen LogP contribution >= 0.6 is 22.7 Å². The first-order valence-electron chi connectivity index (χ1n) is 6.01. The molecule has 2 heterocycles. The van der Waals surface area contributed by atoms with Crippen LogP contribution in [0.4, 0.5) is 0 Å². The molecule has 4 nitrogen and oxygen atoms in total. The van der Waals surface area contributed by atoms with Crippen molar-refractivity contribution in [2.45, 2.75) is 20.8 Å². The molecular weight excluding hydrogens is 280 g/mol. The molecule has 0 unspecified atom stereocenters. The van der Waals surface area contributed by atoms with E-state index in [1.54, 1.807) is 11.3 Å². The lowest BCUT2D eigenvalue weighted by atomic mass is 10.2. The van der Waals surface area contributed by atoms with Gasteiger partial charge < -0.3 is 0 Å². The van der Waals surface area contributed by atoms with Gasteiger partial charge in [0.1, 0.15) is 9.88 Å². The predicted octanol–water partition coefficient (Wildman–Crippen LogP) is 3.50. The zero-order valence-electron chi connectivity index (χ0n) is 11.1. The second-order valence-corrected chi connectivity index (χ2v) is 6.49. The van der Waals surface area contributed by atoms with Gasteiger partial charge in [-0.3, -0.25) is 9.63 Å². The SMILES string of the molecule is Cc1nc(-c2cccs2)sc1C(=O)NOCC(C)C. The molecule has 2 aromatic heterocycles. The summed E-state index contributed by atoms with van der Waals surface area (Å²) >= 11 is 3.01. The first-order chi connectivity index (χ1) is 9.08. The minimum absolute atomic E-state index is 0.224. The van der Waals surface area contributed by atoms with E-state index in [0.717, 1.165) is 15.6 Å². The van der Waals surface area contributed by atoms with E-state index in [2.05, 4.69) is 10.5 Å². The maximum absolute atomic E-state index is 12.0. The monoisotopic (exact) mass is 296 g/mol. The summed E-state index contributed by atoms with van der Waals surface area (Å²) in [6.45, 7) is 6.39. The molecular formula is C13H16N2O2S2. The molecule has 0 spiro atoms. The lowest BCUT2D eigenvalue weighted by Crippen LogP contribution is -2.25. The molecule has 0 aliphatic heterocycles. The summed E-state index contributed by atoms with van der Waals surface area (Å²) < 4.78 is 0. The molecule has 0 atom stereocenters. The number of hydroxylamine groups is 1. The van der Waals surface area contributed by atoms with E-state index in [-0.39, 0.29) is 5.91 Å². The van der Waals surface area contributed by atoms with E-state index in [4.69, 9.17) is 4.84 Å². The van der Waals surface area contributed by atoms with Crippen molar-refractivity contribution in [1.29, 1.82) is 0 Å². The third-order valence-corrected chi connectivity index (χ3v) is 4.51. The van der Waals surface area contributed by atoms with E-state index < -0.39 is 0 Å². The van der Waals surface area contributed by atoms with E-state index in [9.17, 15) is 4.79 Å². The van der Waals surface area contributed by atoms with Crippen LogP contribution < -0.4 is 5.48 Å². The molecule has 0 bridgehead atoms. The van der Waals surface area contributed by atoms with Gasteiger partial charge in [0.25, 0.3) is 5.91 Å². The highest BCUT2D eigenvalue weighted by Crippen LogP contribution is 2.30. The van der Waals surface area contributed by atoms with Gasteiger partial charge in [0.2, 0.25) is 0 Å². The lowest BCUT2D eigenvalue weighted by molar-refractivity contribution is 0.0211. The second-order valence-electron chi connectivity index (χ2n) is 4.55. The van der Waals surface area contributed by atoms with Crippen molar-refractivity contribution in [1.82, 2.24) is 10.5 Å². The largest absolute Gasteiger partial charge is 0.286 e. The predicted molar refractivity (Wildman–Crippen MR) is 78.4 cm³/mol. The number of nitrogens with zero attached hydrogens (tertiary/aromatic N) is 1. The molecule has 1 N–H and O–H groups in total. The molecule has 2 aromatic rings. The fourth-order valence-corrected chi connectivity index (χ4v) is 3.18. The number of aryl methyl sites for hydroxylation is 1. The van der Waals surface area contributed by atoms with Crippen LogP contribution in [0.15, 0.2) is 17.5 Å². The molecule has 1 amide bonds. The molecule has 0 fully saturated rings. The van der Waals surface area contributed by atoms with Crippen molar-refractivity contribution in [3.8, 4) is 9.88 Å². The minimum Gasteiger partial charge on any atom is -0.273 e. The number of aromatic nitrogens is 1. The summed E-state index contributed by atoms with van der Waals surface area (Å²) in [4.78, 5) is 23.2. The first-order valence-corrected chi connectivity index (χ1v) is 7.71. The Morgan fingerprint density at radius 1 is 1.53 bits per heavy atom. The summed E-state index contributed by atoms with van der Waals surface area (Å²) in [6.07, 6.45) is 0. The zero-order valence-corrected chi connectivity index (χ0v) is 12.7. The van der Waals surface area contributed by atoms with Gasteiger partial charge in [0.05, 0.1) is 17.2 Å². The van der Waals surface area contributed by atoms with E-state index in [0.29, 0.717) is 17.4 Å². The Labute approximate surface area is 120 Å². The molecule has 0 radical (unpaired) electrons. The number of carbonyl (C=O) groups is 1. The van der Waals surface area contributed by atoms with Crippen LogP contribution in [0.1, 0.15) is 29.2 Å². The summed E-state index contributed by atoms with van der Waals surface area (Å²) in [7, 11) is 0. The number of nitrogens with one attached hydrogen (secondary N) is 1. The highest BCUT2D eigenvalue weighted by atomic mass is 32.1. The van der Waals surface area contributed by atoms with E-state index >= 15 is 0 Å². The summed E-state index contributed by atoms with van der Waals surface area (Å²) in [6, 6.07) is 3.97. The average molecular weight is 296 g/mol.